The Morgan fingerprint density at radius 1 is 1.24 bits per heavy atom. The third-order valence-electron chi connectivity index (χ3n) is 2.44. The van der Waals surface area contributed by atoms with Crippen LogP contribution in [0.3, 0.4) is 0 Å². The van der Waals surface area contributed by atoms with Gasteiger partial charge in [-0.3, -0.25) is 0 Å². The lowest BCUT2D eigenvalue weighted by Gasteiger charge is -2.15. The number of hydrogen-bond donors (Lipinski definition) is 1. The predicted molar refractivity (Wildman–Crippen MR) is 71.4 cm³/mol. The molecule has 0 fully saturated rings. The maximum atomic E-state index is 13.9. The predicted octanol–water partition coefficient (Wildman–Crippen LogP) is 4.25. The zero-order valence-corrected chi connectivity index (χ0v) is 12.2. The number of hydrogen-bond acceptors (Lipinski definition) is 2. The summed E-state index contributed by atoms with van der Waals surface area (Å²) < 4.78 is 20.7. The molecule has 90 valence electrons. The van der Waals surface area contributed by atoms with E-state index in [9.17, 15) is 4.39 Å². The Morgan fingerprint density at radius 2 is 2.00 bits per heavy atom. The van der Waals surface area contributed by atoms with Crippen molar-refractivity contribution in [3.63, 3.8) is 0 Å². The van der Waals surface area contributed by atoms with Crippen LogP contribution in [0, 0.1) is 5.82 Å². The SMILES string of the molecule is CNC(c1ccc(Br)o1)c1ccc(Br)cc1F. The first-order valence-electron chi connectivity index (χ1n) is 4.99. The molecule has 1 atom stereocenters. The number of nitrogens with one attached hydrogen (secondary N) is 1. The quantitative estimate of drug-likeness (QED) is 0.882. The molecular weight excluding hydrogens is 353 g/mol. The van der Waals surface area contributed by atoms with E-state index in [0.717, 1.165) is 0 Å². The molecular formula is C12H10Br2FNO. The minimum Gasteiger partial charge on any atom is -0.452 e. The number of rotatable bonds is 3. The van der Waals surface area contributed by atoms with E-state index >= 15 is 0 Å². The monoisotopic (exact) mass is 361 g/mol. The molecule has 0 saturated heterocycles. The molecule has 0 radical (unpaired) electrons. The van der Waals surface area contributed by atoms with Crippen molar-refractivity contribution in [2.75, 3.05) is 7.05 Å². The van der Waals surface area contributed by atoms with Gasteiger partial charge < -0.3 is 9.73 Å². The molecule has 0 amide bonds. The van der Waals surface area contributed by atoms with Gasteiger partial charge in [0, 0.05) is 10.0 Å². The standard InChI is InChI=1S/C12H10Br2FNO/c1-16-12(10-4-5-11(14)17-10)8-3-2-7(13)6-9(8)15/h2-6,12,16H,1H3. The molecule has 0 aliphatic carbocycles. The molecule has 0 saturated carbocycles. The van der Waals surface area contributed by atoms with Crippen molar-refractivity contribution < 1.29 is 8.81 Å². The second kappa shape index (κ2) is 5.33. The summed E-state index contributed by atoms with van der Waals surface area (Å²) in [6, 6.07) is 8.29. The van der Waals surface area contributed by atoms with Crippen LogP contribution in [0.2, 0.25) is 0 Å². The van der Waals surface area contributed by atoms with Crippen molar-refractivity contribution in [1.82, 2.24) is 5.32 Å². The van der Waals surface area contributed by atoms with Crippen LogP contribution in [-0.4, -0.2) is 7.05 Å². The van der Waals surface area contributed by atoms with Crippen LogP contribution in [0.5, 0.6) is 0 Å². The van der Waals surface area contributed by atoms with Gasteiger partial charge in [0.2, 0.25) is 0 Å². The number of halogens is 3. The van der Waals surface area contributed by atoms with Crippen molar-refractivity contribution in [2.24, 2.45) is 0 Å². The molecule has 1 aromatic carbocycles. The van der Waals surface area contributed by atoms with Crippen molar-refractivity contribution in [1.29, 1.82) is 0 Å². The number of benzene rings is 1. The lowest BCUT2D eigenvalue weighted by Crippen LogP contribution is -2.18. The average molecular weight is 363 g/mol. The summed E-state index contributed by atoms with van der Waals surface area (Å²) in [5.74, 6) is 0.395. The van der Waals surface area contributed by atoms with Gasteiger partial charge in [0.05, 0.1) is 6.04 Å². The van der Waals surface area contributed by atoms with Crippen molar-refractivity contribution in [3.8, 4) is 0 Å². The third-order valence-corrected chi connectivity index (χ3v) is 3.36. The smallest absolute Gasteiger partial charge is 0.169 e. The molecule has 0 bridgehead atoms. The van der Waals surface area contributed by atoms with E-state index in [4.69, 9.17) is 4.42 Å². The van der Waals surface area contributed by atoms with Gasteiger partial charge >= 0.3 is 0 Å². The van der Waals surface area contributed by atoms with Crippen LogP contribution in [0.15, 0.2) is 43.9 Å². The Bertz CT molecular complexity index is 527. The summed E-state index contributed by atoms with van der Waals surface area (Å²) in [5, 5.41) is 3.04. The van der Waals surface area contributed by atoms with E-state index in [1.54, 1.807) is 25.2 Å². The topological polar surface area (TPSA) is 25.2 Å². The highest BCUT2D eigenvalue weighted by atomic mass is 79.9. The summed E-state index contributed by atoms with van der Waals surface area (Å²) in [6.45, 7) is 0. The van der Waals surface area contributed by atoms with Gasteiger partial charge in [0.15, 0.2) is 4.67 Å². The van der Waals surface area contributed by atoms with Crippen LogP contribution >= 0.6 is 31.9 Å². The van der Waals surface area contributed by atoms with Gasteiger partial charge in [-0.15, -0.1) is 0 Å². The molecule has 17 heavy (non-hydrogen) atoms. The van der Waals surface area contributed by atoms with E-state index in [2.05, 4.69) is 37.2 Å². The van der Waals surface area contributed by atoms with Crippen LogP contribution < -0.4 is 5.32 Å². The average Bonchev–Trinajstić information content (AvgIpc) is 2.69. The minimum atomic E-state index is -0.297. The normalized spacial score (nSPS) is 12.7. The fraction of sp³-hybridized carbons (Fsp3) is 0.167. The van der Waals surface area contributed by atoms with E-state index in [1.807, 2.05) is 6.07 Å². The fourth-order valence-corrected chi connectivity index (χ4v) is 2.32. The van der Waals surface area contributed by atoms with Crippen LogP contribution in [-0.2, 0) is 0 Å². The second-order valence-corrected chi connectivity index (χ2v) is 5.23. The second-order valence-electron chi connectivity index (χ2n) is 3.53. The first kappa shape index (κ1) is 12.8. The first-order valence-corrected chi connectivity index (χ1v) is 6.58. The first-order chi connectivity index (χ1) is 8.11. The molecule has 5 heteroatoms. The van der Waals surface area contributed by atoms with E-state index < -0.39 is 0 Å². The summed E-state index contributed by atoms with van der Waals surface area (Å²) in [4.78, 5) is 0. The molecule has 1 unspecified atom stereocenters. The number of furan rings is 1. The Balaban J connectivity index is 2.42. The van der Waals surface area contributed by atoms with Crippen LogP contribution in [0.4, 0.5) is 4.39 Å². The van der Waals surface area contributed by atoms with E-state index in [0.29, 0.717) is 20.5 Å². The minimum absolute atomic E-state index is 0.272. The largest absolute Gasteiger partial charge is 0.452 e. The lowest BCUT2D eigenvalue weighted by molar-refractivity contribution is 0.438. The van der Waals surface area contributed by atoms with Crippen molar-refractivity contribution >= 4 is 31.9 Å². The van der Waals surface area contributed by atoms with Gasteiger partial charge in [0.25, 0.3) is 0 Å². The van der Waals surface area contributed by atoms with Gasteiger partial charge in [-0.25, -0.2) is 4.39 Å². The maximum absolute atomic E-state index is 13.9. The van der Waals surface area contributed by atoms with Gasteiger partial charge in [-0.05, 0) is 47.2 Å². The molecule has 0 aliphatic rings. The van der Waals surface area contributed by atoms with Crippen molar-refractivity contribution in [2.45, 2.75) is 6.04 Å². The molecule has 1 heterocycles. The van der Waals surface area contributed by atoms with Gasteiger partial charge in [-0.2, -0.15) is 0 Å². The summed E-state index contributed by atoms with van der Waals surface area (Å²) in [5.41, 5.74) is 0.553. The Kier molecular flexibility index (Phi) is 4.01. The molecule has 1 aromatic heterocycles. The Morgan fingerprint density at radius 3 is 2.53 bits per heavy atom. The van der Waals surface area contributed by atoms with E-state index in [-0.39, 0.29) is 11.9 Å². The maximum Gasteiger partial charge on any atom is 0.169 e. The van der Waals surface area contributed by atoms with Crippen LogP contribution in [0.1, 0.15) is 17.4 Å². The summed E-state index contributed by atoms with van der Waals surface area (Å²) in [6.07, 6.45) is 0. The van der Waals surface area contributed by atoms with E-state index in [1.165, 1.54) is 6.07 Å². The van der Waals surface area contributed by atoms with Crippen LogP contribution in [0.25, 0.3) is 0 Å². The molecule has 0 aliphatic heterocycles. The summed E-state index contributed by atoms with van der Waals surface area (Å²) in [7, 11) is 1.77. The molecule has 2 nitrogen and oxygen atoms in total. The molecule has 2 aromatic rings. The molecule has 0 spiro atoms. The highest BCUT2D eigenvalue weighted by Gasteiger charge is 2.19. The van der Waals surface area contributed by atoms with Gasteiger partial charge in [0.1, 0.15) is 11.6 Å². The fourth-order valence-electron chi connectivity index (χ4n) is 1.67. The van der Waals surface area contributed by atoms with Crippen molar-refractivity contribution in [3.05, 3.63) is 56.6 Å². The summed E-state index contributed by atoms with van der Waals surface area (Å²) >= 11 is 6.47. The highest BCUT2D eigenvalue weighted by Crippen LogP contribution is 2.28. The lowest BCUT2D eigenvalue weighted by atomic mass is 10.0. The third kappa shape index (κ3) is 2.78. The highest BCUT2D eigenvalue weighted by molar-refractivity contribution is 9.10. The Hall–Kier alpha value is -0.650. The zero-order chi connectivity index (χ0) is 12.4. The zero-order valence-electron chi connectivity index (χ0n) is 9.01. The molecule has 2 rings (SSSR count). The molecule has 1 N–H and O–H groups in total. The van der Waals surface area contributed by atoms with Gasteiger partial charge in [-0.1, -0.05) is 22.0 Å². The Labute approximate surface area is 115 Å².